The van der Waals surface area contributed by atoms with Crippen LogP contribution in [0.1, 0.15) is 5.56 Å². The van der Waals surface area contributed by atoms with Crippen molar-refractivity contribution in [1.82, 2.24) is 5.32 Å². The van der Waals surface area contributed by atoms with Crippen LogP contribution in [-0.2, 0) is 0 Å². The minimum atomic E-state index is -0.296. The number of rotatable bonds is 4. The van der Waals surface area contributed by atoms with Gasteiger partial charge in [-0.25, -0.2) is 4.79 Å². The molecule has 2 amide bonds. The van der Waals surface area contributed by atoms with Crippen molar-refractivity contribution < 1.29 is 19.0 Å². The van der Waals surface area contributed by atoms with Crippen molar-refractivity contribution in [2.45, 2.75) is 6.92 Å². The molecule has 0 aliphatic carbocycles. The Bertz CT molecular complexity index is 806. The van der Waals surface area contributed by atoms with Gasteiger partial charge in [0, 0.05) is 11.8 Å². The maximum atomic E-state index is 11.7. The Morgan fingerprint density at radius 1 is 1.12 bits per heavy atom. The molecule has 0 atom stereocenters. The minimum Gasteiger partial charge on any atom is -0.481 e. The first-order valence-electron chi connectivity index (χ1n) is 7.80. The molecule has 0 saturated carbocycles. The van der Waals surface area contributed by atoms with Crippen LogP contribution >= 0.6 is 0 Å². The number of benzene rings is 2. The molecular weight excluding hydrogens is 320 g/mol. The normalized spacial score (nSPS) is 11.2. The van der Waals surface area contributed by atoms with E-state index in [1.54, 1.807) is 18.2 Å². The SMILES string of the molecule is Cc1ccc(NC(=O)NCC#CCOc2ccc3c(c2)OCO3)cc1. The monoisotopic (exact) mass is 338 g/mol. The second kappa shape index (κ2) is 7.97. The lowest BCUT2D eigenvalue weighted by Crippen LogP contribution is -2.28. The summed E-state index contributed by atoms with van der Waals surface area (Å²) < 4.78 is 16.0. The van der Waals surface area contributed by atoms with Gasteiger partial charge in [-0.3, -0.25) is 0 Å². The van der Waals surface area contributed by atoms with E-state index in [-0.39, 0.29) is 26.0 Å². The predicted molar refractivity (Wildman–Crippen MR) is 94.0 cm³/mol. The molecule has 128 valence electrons. The summed E-state index contributed by atoms with van der Waals surface area (Å²) in [6, 6.07) is 12.6. The van der Waals surface area contributed by atoms with Crippen molar-refractivity contribution in [2.24, 2.45) is 0 Å². The van der Waals surface area contributed by atoms with Crippen LogP contribution in [0.15, 0.2) is 42.5 Å². The highest BCUT2D eigenvalue weighted by atomic mass is 16.7. The molecule has 0 unspecified atom stereocenters. The molecule has 1 heterocycles. The Morgan fingerprint density at radius 3 is 2.76 bits per heavy atom. The third kappa shape index (κ3) is 4.82. The fraction of sp³-hybridized carbons (Fsp3) is 0.211. The summed E-state index contributed by atoms with van der Waals surface area (Å²) in [6.07, 6.45) is 0. The van der Waals surface area contributed by atoms with E-state index >= 15 is 0 Å². The van der Waals surface area contributed by atoms with Gasteiger partial charge in [-0.1, -0.05) is 29.5 Å². The van der Waals surface area contributed by atoms with Crippen molar-refractivity contribution in [3.63, 3.8) is 0 Å². The van der Waals surface area contributed by atoms with Gasteiger partial charge in [-0.15, -0.1) is 0 Å². The van der Waals surface area contributed by atoms with Gasteiger partial charge in [0.05, 0.1) is 6.54 Å². The van der Waals surface area contributed by atoms with Crippen LogP contribution in [0, 0.1) is 18.8 Å². The quantitative estimate of drug-likeness (QED) is 0.841. The highest BCUT2D eigenvalue weighted by Crippen LogP contribution is 2.34. The number of ether oxygens (including phenoxy) is 3. The maximum absolute atomic E-state index is 11.7. The number of nitrogens with one attached hydrogen (secondary N) is 2. The van der Waals surface area contributed by atoms with Crippen LogP contribution in [0.4, 0.5) is 10.5 Å². The summed E-state index contributed by atoms with van der Waals surface area (Å²) in [5.41, 5.74) is 1.88. The predicted octanol–water partition coefficient (Wildman–Crippen LogP) is 2.93. The highest BCUT2D eigenvalue weighted by Gasteiger charge is 2.13. The first-order chi connectivity index (χ1) is 12.2. The molecule has 2 aromatic rings. The molecule has 6 heteroatoms. The van der Waals surface area contributed by atoms with Crippen LogP contribution < -0.4 is 24.8 Å². The largest absolute Gasteiger partial charge is 0.481 e. The van der Waals surface area contributed by atoms with E-state index in [0.29, 0.717) is 17.2 Å². The number of anilines is 1. The topological polar surface area (TPSA) is 68.8 Å². The number of carbonyl (C=O) groups is 1. The summed E-state index contributed by atoms with van der Waals surface area (Å²) >= 11 is 0. The molecule has 2 N–H and O–H groups in total. The van der Waals surface area contributed by atoms with Gasteiger partial charge >= 0.3 is 6.03 Å². The third-order valence-electron chi connectivity index (χ3n) is 3.43. The molecule has 0 fully saturated rings. The second-order valence-electron chi connectivity index (χ2n) is 5.33. The number of amides is 2. The van der Waals surface area contributed by atoms with E-state index in [0.717, 1.165) is 11.3 Å². The first kappa shape index (κ1) is 16.5. The lowest BCUT2D eigenvalue weighted by Gasteiger charge is -2.05. The van der Waals surface area contributed by atoms with Crippen LogP contribution in [0.2, 0.25) is 0 Å². The molecular formula is C19H18N2O4. The Hall–Kier alpha value is -3.33. The maximum Gasteiger partial charge on any atom is 0.319 e. The standard InChI is InChI=1S/C19H18N2O4/c1-14-4-6-15(7-5-14)21-19(22)20-10-2-3-11-23-16-8-9-17-18(12-16)25-13-24-17/h4-9,12H,10-11,13H2,1H3,(H2,20,21,22). The van der Waals surface area contributed by atoms with Gasteiger partial charge in [0.2, 0.25) is 6.79 Å². The van der Waals surface area contributed by atoms with E-state index in [1.807, 2.05) is 31.2 Å². The molecule has 0 bridgehead atoms. The van der Waals surface area contributed by atoms with Gasteiger partial charge < -0.3 is 24.8 Å². The Morgan fingerprint density at radius 2 is 1.92 bits per heavy atom. The van der Waals surface area contributed by atoms with Gasteiger partial charge in [0.1, 0.15) is 12.4 Å². The number of aryl methyl sites for hydroxylation is 1. The molecule has 6 nitrogen and oxygen atoms in total. The van der Waals surface area contributed by atoms with Crippen LogP contribution in [0.25, 0.3) is 0 Å². The zero-order valence-corrected chi connectivity index (χ0v) is 13.8. The summed E-state index contributed by atoms with van der Waals surface area (Å²) in [7, 11) is 0. The fourth-order valence-electron chi connectivity index (χ4n) is 2.14. The van der Waals surface area contributed by atoms with Crippen molar-refractivity contribution in [1.29, 1.82) is 0 Å². The average molecular weight is 338 g/mol. The number of hydrogen-bond donors (Lipinski definition) is 2. The Kier molecular flexibility index (Phi) is 5.27. The first-order valence-corrected chi connectivity index (χ1v) is 7.80. The highest BCUT2D eigenvalue weighted by molar-refractivity contribution is 5.89. The number of fused-ring (bicyclic) bond motifs is 1. The second-order valence-corrected chi connectivity index (χ2v) is 5.33. The Labute approximate surface area is 146 Å². The van der Waals surface area contributed by atoms with E-state index in [1.165, 1.54) is 0 Å². The average Bonchev–Trinajstić information content (AvgIpc) is 3.08. The molecule has 0 saturated heterocycles. The van der Waals surface area contributed by atoms with Crippen molar-refractivity contribution in [3.05, 3.63) is 48.0 Å². The smallest absolute Gasteiger partial charge is 0.319 e. The lowest BCUT2D eigenvalue weighted by atomic mass is 10.2. The van der Waals surface area contributed by atoms with Gasteiger partial charge in [0.15, 0.2) is 11.5 Å². The van der Waals surface area contributed by atoms with Crippen LogP contribution in [0.5, 0.6) is 17.2 Å². The Balaban J connectivity index is 1.36. The molecule has 2 aromatic carbocycles. The van der Waals surface area contributed by atoms with Gasteiger partial charge in [0.25, 0.3) is 0 Å². The summed E-state index contributed by atoms with van der Waals surface area (Å²) in [5.74, 6) is 7.71. The zero-order valence-electron chi connectivity index (χ0n) is 13.8. The molecule has 3 rings (SSSR count). The van der Waals surface area contributed by atoms with E-state index < -0.39 is 0 Å². The van der Waals surface area contributed by atoms with Crippen molar-refractivity contribution in [2.75, 3.05) is 25.3 Å². The molecule has 0 spiro atoms. The minimum absolute atomic E-state index is 0.223. The molecule has 1 aliphatic rings. The number of urea groups is 1. The van der Waals surface area contributed by atoms with Crippen molar-refractivity contribution in [3.8, 4) is 29.1 Å². The summed E-state index contributed by atoms with van der Waals surface area (Å²) in [6.45, 7) is 2.68. The van der Waals surface area contributed by atoms with Gasteiger partial charge in [-0.05, 0) is 31.2 Å². The van der Waals surface area contributed by atoms with Crippen LogP contribution in [0.3, 0.4) is 0 Å². The molecule has 1 aliphatic heterocycles. The van der Waals surface area contributed by atoms with E-state index in [2.05, 4.69) is 22.5 Å². The van der Waals surface area contributed by atoms with E-state index in [4.69, 9.17) is 14.2 Å². The number of hydrogen-bond acceptors (Lipinski definition) is 4. The molecule has 0 radical (unpaired) electrons. The van der Waals surface area contributed by atoms with Crippen molar-refractivity contribution >= 4 is 11.7 Å². The van der Waals surface area contributed by atoms with E-state index in [9.17, 15) is 4.79 Å². The number of carbonyl (C=O) groups excluding carboxylic acids is 1. The summed E-state index contributed by atoms with van der Waals surface area (Å²) in [4.78, 5) is 11.7. The van der Waals surface area contributed by atoms with Crippen LogP contribution in [-0.4, -0.2) is 26.0 Å². The molecule has 0 aromatic heterocycles. The lowest BCUT2D eigenvalue weighted by molar-refractivity contribution is 0.174. The zero-order chi connectivity index (χ0) is 17.5. The third-order valence-corrected chi connectivity index (χ3v) is 3.43. The molecule has 25 heavy (non-hydrogen) atoms. The van der Waals surface area contributed by atoms with Gasteiger partial charge in [-0.2, -0.15) is 0 Å². The fourth-order valence-corrected chi connectivity index (χ4v) is 2.14. The summed E-state index contributed by atoms with van der Waals surface area (Å²) in [5, 5.41) is 5.40.